The monoisotopic (exact) mass is 184 g/mol. The minimum atomic E-state index is -1.46. The predicted octanol–water partition coefficient (Wildman–Crippen LogP) is 1.96. The van der Waals surface area contributed by atoms with Gasteiger partial charge in [0.2, 0.25) is 0 Å². The number of hydrogen-bond donors (Lipinski definition) is 0. The molecule has 0 bridgehead atoms. The molecule has 0 N–H and O–H groups in total. The highest BCUT2D eigenvalue weighted by Crippen LogP contribution is 2.03. The largest absolute Gasteiger partial charge is 0.515 e. The van der Waals surface area contributed by atoms with Crippen LogP contribution in [0.4, 0.5) is 0 Å². The lowest BCUT2D eigenvalue weighted by atomic mass is 10.4. The first-order chi connectivity index (χ1) is 5.49. The molecule has 1 atom stereocenters. The summed E-state index contributed by atoms with van der Waals surface area (Å²) in [5.41, 5.74) is 0.471. The van der Waals surface area contributed by atoms with Crippen LogP contribution >= 0.6 is 0 Å². The Morgan fingerprint density at radius 1 is 1.50 bits per heavy atom. The van der Waals surface area contributed by atoms with Crippen LogP contribution < -0.4 is 0 Å². The summed E-state index contributed by atoms with van der Waals surface area (Å²) in [6, 6.07) is 0. The van der Waals surface area contributed by atoms with Crippen LogP contribution in [0.15, 0.2) is 23.4 Å². The van der Waals surface area contributed by atoms with Crippen LogP contribution in [0.5, 0.6) is 0 Å². The fraction of sp³-hybridized carbons (Fsp3) is 0.444. The average molecular weight is 184 g/mol. The number of carbonyl (C=O) groups excluding carboxylic acids is 1. The quantitative estimate of drug-likeness (QED) is 0.495. The van der Waals surface area contributed by atoms with Crippen molar-refractivity contribution in [3.8, 4) is 0 Å². The van der Waals surface area contributed by atoms with E-state index in [1.54, 1.807) is 6.92 Å². The van der Waals surface area contributed by atoms with Crippen molar-refractivity contribution in [2.45, 2.75) is 27.3 Å². The highest BCUT2D eigenvalue weighted by atomic mass is 28.3. The molecule has 68 valence electrons. The van der Waals surface area contributed by atoms with Gasteiger partial charge in [0.15, 0.2) is 0 Å². The van der Waals surface area contributed by atoms with E-state index in [1.165, 1.54) is 5.20 Å². The fourth-order valence-corrected chi connectivity index (χ4v) is 1.77. The lowest BCUT2D eigenvalue weighted by molar-refractivity contribution is -0.130. The van der Waals surface area contributed by atoms with E-state index in [0.29, 0.717) is 5.57 Å². The molecule has 12 heavy (non-hydrogen) atoms. The molecule has 0 aromatic heterocycles. The SMILES string of the molecule is C=C(C)C(=O)O[SiH](C)C(C)=CC. The van der Waals surface area contributed by atoms with E-state index in [0.717, 1.165) is 0 Å². The molecule has 0 aliphatic carbocycles. The van der Waals surface area contributed by atoms with Gasteiger partial charge < -0.3 is 4.43 Å². The summed E-state index contributed by atoms with van der Waals surface area (Å²) >= 11 is 0. The average Bonchev–Trinajstić information content (AvgIpc) is 2.02. The van der Waals surface area contributed by atoms with E-state index in [-0.39, 0.29) is 5.97 Å². The van der Waals surface area contributed by atoms with Crippen molar-refractivity contribution in [2.24, 2.45) is 0 Å². The summed E-state index contributed by atoms with van der Waals surface area (Å²) in [5, 5.41) is 1.18. The van der Waals surface area contributed by atoms with Crippen LogP contribution in [0, 0.1) is 0 Å². The summed E-state index contributed by atoms with van der Waals surface area (Å²) in [5.74, 6) is -0.268. The van der Waals surface area contributed by atoms with E-state index in [9.17, 15) is 4.79 Å². The lowest BCUT2D eigenvalue weighted by Gasteiger charge is -2.11. The van der Waals surface area contributed by atoms with Crippen molar-refractivity contribution in [3.05, 3.63) is 23.4 Å². The van der Waals surface area contributed by atoms with Crippen LogP contribution in [0.1, 0.15) is 20.8 Å². The molecule has 0 spiro atoms. The second kappa shape index (κ2) is 4.93. The van der Waals surface area contributed by atoms with Gasteiger partial charge in [-0.05, 0) is 27.3 Å². The smallest absolute Gasteiger partial charge is 0.319 e. The summed E-state index contributed by atoms with van der Waals surface area (Å²) < 4.78 is 5.20. The van der Waals surface area contributed by atoms with Gasteiger partial charge in [-0.3, -0.25) is 0 Å². The zero-order valence-electron chi connectivity index (χ0n) is 8.18. The van der Waals surface area contributed by atoms with Gasteiger partial charge in [-0.15, -0.1) is 0 Å². The van der Waals surface area contributed by atoms with Gasteiger partial charge in [0.1, 0.15) is 0 Å². The standard InChI is InChI=1S/C9H16O2Si/c1-6-8(4)12(5)11-9(10)7(2)3/h6,12H,2H2,1,3-5H3. The molecule has 2 nitrogen and oxygen atoms in total. The Morgan fingerprint density at radius 2 is 2.00 bits per heavy atom. The third kappa shape index (κ3) is 3.53. The van der Waals surface area contributed by atoms with Crippen LogP contribution in [0.25, 0.3) is 0 Å². The fourth-order valence-electron chi connectivity index (χ4n) is 0.589. The van der Waals surface area contributed by atoms with Gasteiger partial charge in [0.25, 0.3) is 9.04 Å². The summed E-state index contributed by atoms with van der Waals surface area (Å²) in [7, 11) is -1.46. The van der Waals surface area contributed by atoms with Crippen molar-refractivity contribution in [3.63, 3.8) is 0 Å². The third-order valence-electron chi connectivity index (χ3n) is 1.73. The maximum absolute atomic E-state index is 11.1. The molecule has 0 aliphatic heterocycles. The summed E-state index contributed by atoms with van der Waals surface area (Å²) in [6.45, 7) is 11.1. The first kappa shape index (κ1) is 11.2. The zero-order chi connectivity index (χ0) is 9.72. The highest BCUT2D eigenvalue weighted by Gasteiger charge is 2.12. The van der Waals surface area contributed by atoms with Crippen LogP contribution in [-0.2, 0) is 9.22 Å². The van der Waals surface area contributed by atoms with Crippen LogP contribution in [-0.4, -0.2) is 15.0 Å². The minimum absolute atomic E-state index is 0.268. The first-order valence-electron chi connectivity index (χ1n) is 3.98. The highest BCUT2D eigenvalue weighted by molar-refractivity contribution is 6.60. The molecule has 0 rings (SSSR count). The van der Waals surface area contributed by atoms with E-state index in [2.05, 4.69) is 6.58 Å². The normalized spacial score (nSPS) is 13.8. The Bertz CT molecular complexity index is 219. The molecule has 0 radical (unpaired) electrons. The maximum Gasteiger partial charge on any atom is 0.319 e. The molecule has 1 unspecified atom stereocenters. The van der Waals surface area contributed by atoms with E-state index >= 15 is 0 Å². The van der Waals surface area contributed by atoms with Crippen LogP contribution in [0.2, 0.25) is 6.55 Å². The molecule has 3 heteroatoms. The first-order valence-corrected chi connectivity index (χ1v) is 6.18. The Hall–Kier alpha value is -0.833. The molecular weight excluding hydrogens is 168 g/mol. The minimum Gasteiger partial charge on any atom is -0.515 e. The van der Waals surface area contributed by atoms with Gasteiger partial charge in [-0.2, -0.15) is 0 Å². The number of rotatable bonds is 3. The molecule has 0 aromatic carbocycles. The Balaban J connectivity index is 4.10. The molecular formula is C9H16O2Si. The molecule has 0 amide bonds. The summed E-state index contributed by atoms with van der Waals surface area (Å²) in [6.07, 6.45) is 1.99. The topological polar surface area (TPSA) is 26.3 Å². The lowest BCUT2D eigenvalue weighted by Crippen LogP contribution is -2.20. The third-order valence-corrected chi connectivity index (χ3v) is 3.91. The van der Waals surface area contributed by atoms with Crippen molar-refractivity contribution >= 4 is 15.0 Å². The van der Waals surface area contributed by atoms with E-state index in [4.69, 9.17) is 4.43 Å². The van der Waals surface area contributed by atoms with Gasteiger partial charge in [-0.25, -0.2) is 4.79 Å². The molecule has 0 aromatic rings. The molecule has 0 aliphatic rings. The Morgan fingerprint density at radius 3 is 2.33 bits per heavy atom. The van der Waals surface area contributed by atoms with Gasteiger partial charge in [-0.1, -0.05) is 17.9 Å². The van der Waals surface area contributed by atoms with Crippen molar-refractivity contribution in [2.75, 3.05) is 0 Å². The van der Waals surface area contributed by atoms with Crippen LogP contribution in [0.3, 0.4) is 0 Å². The van der Waals surface area contributed by atoms with Gasteiger partial charge >= 0.3 is 5.97 Å². The second-order valence-electron chi connectivity index (χ2n) is 2.86. The molecule has 0 saturated heterocycles. The number of hydrogen-bond acceptors (Lipinski definition) is 2. The van der Waals surface area contributed by atoms with Crippen molar-refractivity contribution in [1.82, 2.24) is 0 Å². The van der Waals surface area contributed by atoms with Crippen molar-refractivity contribution < 1.29 is 9.22 Å². The summed E-state index contributed by atoms with van der Waals surface area (Å²) in [4.78, 5) is 11.1. The van der Waals surface area contributed by atoms with Crippen molar-refractivity contribution in [1.29, 1.82) is 0 Å². The second-order valence-corrected chi connectivity index (χ2v) is 5.29. The Labute approximate surface area is 75.7 Å². The number of carbonyl (C=O) groups is 1. The maximum atomic E-state index is 11.1. The zero-order valence-corrected chi connectivity index (χ0v) is 9.33. The van der Waals surface area contributed by atoms with Gasteiger partial charge in [0, 0.05) is 5.57 Å². The number of allylic oxidation sites excluding steroid dienone is 2. The van der Waals surface area contributed by atoms with E-state index < -0.39 is 9.04 Å². The van der Waals surface area contributed by atoms with Gasteiger partial charge in [0.05, 0.1) is 0 Å². The molecule has 0 heterocycles. The predicted molar refractivity (Wildman–Crippen MR) is 53.4 cm³/mol. The van der Waals surface area contributed by atoms with E-state index in [1.807, 2.05) is 26.5 Å². The Kier molecular flexibility index (Phi) is 4.59. The molecule has 0 fully saturated rings. The molecule has 0 saturated carbocycles.